The zero-order chi connectivity index (χ0) is 21.0. The van der Waals surface area contributed by atoms with Gasteiger partial charge in [0.15, 0.2) is 0 Å². The van der Waals surface area contributed by atoms with E-state index in [4.69, 9.17) is 20.8 Å². The molecule has 0 aliphatic carbocycles. The van der Waals surface area contributed by atoms with Gasteiger partial charge in [-0.05, 0) is 20.3 Å². The van der Waals surface area contributed by atoms with Crippen molar-refractivity contribution in [2.75, 3.05) is 6.54 Å². The second kappa shape index (κ2) is 20.5. The van der Waals surface area contributed by atoms with Crippen LogP contribution in [-0.2, 0) is 0 Å². The van der Waals surface area contributed by atoms with Crippen molar-refractivity contribution in [3.8, 4) is 0 Å². The second-order valence-corrected chi connectivity index (χ2v) is 7.54. The summed E-state index contributed by atoms with van der Waals surface area (Å²) in [6.45, 7) is 5.24. The van der Waals surface area contributed by atoms with Crippen LogP contribution < -0.4 is 0 Å². The molecule has 0 aromatic heterocycles. The molecule has 0 rings (SSSR count). The molecule has 0 radical (unpaired) electrons. The topological polar surface area (TPSA) is 107 Å². The minimum Gasteiger partial charge on any atom is -0.564 e. The van der Waals surface area contributed by atoms with Gasteiger partial charge < -0.3 is 5.21 Å². The smallest absolute Gasteiger partial charge is 0.139 e. The highest BCUT2D eigenvalue weighted by atomic mass is 17.1. The molecule has 0 aliphatic rings. The zero-order valence-corrected chi connectivity index (χ0v) is 18.0. The average molecular weight is 395 g/mol. The van der Waals surface area contributed by atoms with E-state index in [0.717, 1.165) is 12.8 Å². The fourth-order valence-electron chi connectivity index (χ4n) is 2.75. The van der Waals surface area contributed by atoms with Crippen LogP contribution in [0.15, 0.2) is 0 Å². The zero-order valence-electron chi connectivity index (χ0n) is 18.0. The van der Waals surface area contributed by atoms with Crippen molar-refractivity contribution in [3.05, 3.63) is 5.21 Å². The molecule has 0 heterocycles. The number of quaternary nitrogens is 1. The predicted octanol–water partition coefficient (Wildman–Crippen LogP) is 6.43. The second-order valence-electron chi connectivity index (χ2n) is 7.54. The molecule has 0 saturated heterocycles. The molecule has 0 amide bonds. The Bertz CT molecular complexity index is 286. The Kier molecular flexibility index (Phi) is 21.9. The van der Waals surface area contributed by atoms with Crippen molar-refractivity contribution in [1.29, 1.82) is 0 Å². The molecule has 0 saturated carbocycles. The lowest BCUT2D eigenvalue weighted by molar-refractivity contribution is -1.21. The van der Waals surface area contributed by atoms with Gasteiger partial charge in [-0.2, -0.15) is 10.4 Å². The number of rotatable bonds is 17. The summed E-state index contributed by atoms with van der Waals surface area (Å²) >= 11 is 0. The Balaban J connectivity index is 0. The summed E-state index contributed by atoms with van der Waals surface area (Å²) in [4.78, 5) is -2.18. The molecule has 1 atom stereocenters. The summed E-state index contributed by atoms with van der Waals surface area (Å²) in [6, 6.07) is -0.137. The molecule has 0 fully saturated rings. The fraction of sp³-hybridized carbons (Fsp3) is 1.00. The third kappa shape index (κ3) is 28.0. The van der Waals surface area contributed by atoms with E-state index < -0.39 is 4.97 Å². The van der Waals surface area contributed by atoms with E-state index in [0.29, 0.717) is 5.23 Å². The van der Waals surface area contributed by atoms with E-state index in [1.165, 1.54) is 90.4 Å². The fourth-order valence-corrected chi connectivity index (χ4v) is 2.75. The molecule has 0 aromatic rings. The number of hydroxylamine groups is 5. The Morgan fingerprint density at radius 2 is 1.00 bits per heavy atom. The molecular weight excluding hydrogens is 348 g/mol. The summed E-state index contributed by atoms with van der Waals surface area (Å²) in [5.74, 6) is 0. The van der Waals surface area contributed by atoms with Crippen LogP contribution in [-0.4, -0.2) is 43.6 Å². The van der Waals surface area contributed by atoms with E-state index in [2.05, 4.69) is 6.92 Å². The largest absolute Gasteiger partial charge is 0.564 e. The number of unbranched alkanes of at least 4 members (excludes halogenated alkanes) is 13. The first-order valence-corrected chi connectivity index (χ1v) is 11.0. The average Bonchev–Trinajstić information content (AvgIpc) is 2.61. The van der Waals surface area contributed by atoms with Gasteiger partial charge in [0.2, 0.25) is 0 Å². The number of nitrogens with zero attached hydrogens (tertiary/aromatic N) is 2. The molecule has 0 bridgehead atoms. The summed E-state index contributed by atoms with van der Waals surface area (Å²) in [6.07, 6.45) is 19.9. The molecule has 166 valence electrons. The quantitative estimate of drug-likeness (QED) is 0.129. The third-order valence-corrected chi connectivity index (χ3v) is 4.78. The van der Waals surface area contributed by atoms with Gasteiger partial charge in [0.1, 0.15) is 6.54 Å². The summed E-state index contributed by atoms with van der Waals surface area (Å²) in [5.41, 5.74) is 0. The molecule has 7 heteroatoms. The van der Waals surface area contributed by atoms with Gasteiger partial charge in [-0.1, -0.05) is 107 Å². The monoisotopic (exact) mass is 394 g/mol. The summed E-state index contributed by atoms with van der Waals surface area (Å²) in [5, 5.41) is 43.0. The van der Waals surface area contributed by atoms with Crippen molar-refractivity contribution in [2.45, 2.75) is 123 Å². The maximum Gasteiger partial charge on any atom is 0.139 e. The highest BCUT2D eigenvalue weighted by Crippen LogP contribution is 2.14. The van der Waals surface area contributed by atoms with Crippen LogP contribution in [0.3, 0.4) is 0 Å². The number of hydrogen-bond acceptors (Lipinski definition) is 6. The molecule has 27 heavy (non-hydrogen) atoms. The molecule has 4 N–H and O–H groups in total. The minimum atomic E-state index is -2.18. The normalized spacial score (nSPS) is 12.8. The highest BCUT2D eigenvalue weighted by molar-refractivity contribution is 4.54. The molecule has 0 spiro atoms. The summed E-state index contributed by atoms with van der Waals surface area (Å²) in [7, 11) is 0. The van der Waals surface area contributed by atoms with Gasteiger partial charge in [0.25, 0.3) is 0 Å². The molecule has 7 nitrogen and oxygen atoms in total. The first-order chi connectivity index (χ1) is 12.7. The Labute approximate surface area is 166 Å². The van der Waals surface area contributed by atoms with Gasteiger partial charge in [-0.15, -0.1) is 0 Å². The lowest BCUT2D eigenvalue weighted by Gasteiger charge is -2.20. The molecule has 0 aliphatic heterocycles. The van der Waals surface area contributed by atoms with Crippen LogP contribution in [0.1, 0.15) is 117 Å². The van der Waals surface area contributed by atoms with E-state index in [-0.39, 0.29) is 12.6 Å². The van der Waals surface area contributed by atoms with Crippen LogP contribution in [0.5, 0.6) is 0 Å². The Morgan fingerprint density at radius 3 is 1.26 bits per heavy atom. The van der Waals surface area contributed by atoms with Crippen molar-refractivity contribution in [3.63, 3.8) is 0 Å². The van der Waals surface area contributed by atoms with Crippen LogP contribution in [0.25, 0.3) is 0 Å². The summed E-state index contributed by atoms with van der Waals surface area (Å²) < 4.78 is 0. The molecule has 0 aromatic carbocycles. The van der Waals surface area contributed by atoms with E-state index >= 15 is 0 Å². The maximum atomic E-state index is 9.52. The van der Waals surface area contributed by atoms with Gasteiger partial charge in [-0.25, -0.2) is 0 Å². The standard InChI is InChI=1S/C18H39NO2.C2H7NO3/c1-3-4-5-6-7-8-9-10-11-12-13-14-15-16-17-18(2)19(20)21;1-2-3(4,5)6/h18,20-21H,3-17H2,1-2H3;4-5H,2H2,1H3. The van der Waals surface area contributed by atoms with Crippen LogP contribution in [0.4, 0.5) is 0 Å². The highest BCUT2D eigenvalue weighted by Gasteiger charge is 2.06. The van der Waals surface area contributed by atoms with Crippen molar-refractivity contribution < 1.29 is 25.8 Å². The van der Waals surface area contributed by atoms with Crippen molar-refractivity contribution >= 4 is 0 Å². The van der Waals surface area contributed by atoms with E-state index in [9.17, 15) is 5.21 Å². The van der Waals surface area contributed by atoms with Crippen molar-refractivity contribution in [1.82, 2.24) is 5.23 Å². The van der Waals surface area contributed by atoms with Gasteiger partial charge in [0, 0.05) is 0 Å². The van der Waals surface area contributed by atoms with Gasteiger partial charge in [0.05, 0.1) is 6.04 Å². The number of hydrogen-bond donors (Lipinski definition) is 4. The maximum absolute atomic E-state index is 9.52. The predicted molar refractivity (Wildman–Crippen MR) is 108 cm³/mol. The van der Waals surface area contributed by atoms with Crippen LogP contribution >= 0.6 is 0 Å². The lowest BCUT2D eigenvalue weighted by Crippen LogP contribution is -2.33. The SMILES string of the molecule is CCCCCCCCCCCCCCCCC(C)N(O)O.CC[N+]([O-])(O)O. The Hall–Kier alpha value is -0.280. The first kappa shape index (κ1) is 28.9. The minimum absolute atomic E-state index is 0.137. The van der Waals surface area contributed by atoms with Crippen molar-refractivity contribution in [2.24, 2.45) is 0 Å². The molecule has 1 unspecified atom stereocenters. The Morgan fingerprint density at radius 1 is 0.704 bits per heavy atom. The van der Waals surface area contributed by atoms with Crippen LogP contribution in [0.2, 0.25) is 0 Å². The van der Waals surface area contributed by atoms with Gasteiger partial charge >= 0.3 is 0 Å². The lowest BCUT2D eigenvalue weighted by atomic mass is 10.0. The molecular formula is C20H46N2O5. The first-order valence-electron chi connectivity index (χ1n) is 11.0. The van der Waals surface area contributed by atoms with Gasteiger partial charge in [-0.3, -0.25) is 10.4 Å². The van der Waals surface area contributed by atoms with E-state index in [1.807, 2.05) is 6.92 Å². The third-order valence-electron chi connectivity index (χ3n) is 4.78. The van der Waals surface area contributed by atoms with Crippen LogP contribution in [0, 0.1) is 5.21 Å². The van der Waals surface area contributed by atoms with E-state index in [1.54, 1.807) is 0 Å².